The van der Waals surface area contributed by atoms with E-state index in [0.717, 1.165) is 17.1 Å². The van der Waals surface area contributed by atoms with E-state index in [1.165, 1.54) is 22.5 Å². The fourth-order valence-electron chi connectivity index (χ4n) is 1.11. The third kappa shape index (κ3) is 1.43. The van der Waals surface area contributed by atoms with Crippen molar-refractivity contribution in [2.75, 3.05) is 6.79 Å². The van der Waals surface area contributed by atoms with Crippen LogP contribution in [0.4, 0.5) is 0 Å². The minimum absolute atomic E-state index is 0.348. The van der Waals surface area contributed by atoms with Crippen LogP contribution in [0.15, 0.2) is 22.3 Å². The van der Waals surface area contributed by atoms with E-state index in [1.807, 2.05) is 18.2 Å². The van der Waals surface area contributed by atoms with E-state index in [9.17, 15) is 0 Å². The maximum atomic E-state index is 5.24. The van der Waals surface area contributed by atoms with Crippen molar-refractivity contribution in [1.29, 1.82) is 0 Å². The zero-order valence-corrected chi connectivity index (χ0v) is 9.26. The summed E-state index contributed by atoms with van der Waals surface area (Å²) in [5, 5.41) is 0. The van der Waals surface area contributed by atoms with E-state index in [0.29, 0.717) is 6.79 Å². The molecule has 2 rings (SSSR count). The van der Waals surface area contributed by atoms with E-state index < -0.39 is 0 Å². The Hall–Kier alpha value is -0.641. The number of rotatable bonds is 1. The average molecular weight is 266 g/mol. The van der Waals surface area contributed by atoms with Crippen LogP contribution in [-0.2, 0) is 0 Å². The summed E-state index contributed by atoms with van der Waals surface area (Å²) in [6.45, 7) is 0.348. The Morgan fingerprint density at radius 2 is 2.08 bits per heavy atom. The van der Waals surface area contributed by atoms with Crippen LogP contribution in [0.25, 0.3) is 6.08 Å². The Morgan fingerprint density at radius 3 is 2.92 bits per heavy atom. The summed E-state index contributed by atoms with van der Waals surface area (Å²) in [6.07, 6.45) is 2.07. The van der Waals surface area contributed by atoms with Gasteiger partial charge in [-0.25, -0.2) is 0 Å². The van der Waals surface area contributed by atoms with Crippen LogP contribution in [0.3, 0.4) is 0 Å². The second-order valence-electron chi connectivity index (χ2n) is 2.45. The van der Waals surface area contributed by atoms with E-state index in [1.54, 1.807) is 0 Å². The standard InChI is InChI=1S/C9H7O2.Sn/c1-2-7-3-4-8-9(5-7)11-6-10-8;/h1-5H,6H2;. The van der Waals surface area contributed by atoms with Gasteiger partial charge in [-0.05, 0) is 0 Å². The number of hydrogen-bond acceptors (Lipinski definition) is 2. The molecule has 3 heteroatoms. The number of hydrogen-bond donors (Lipinski definition) is 0. The van der Waals surface area contributed by atoms with Crippen LogP contribution in [0.1, 0.15) is 5.56 Å². The van der Waals surface area contributed by atoms with Gasteiger partial charge in [-0.1, -0.05) is 0 Å². The van der Waals surface area contributed by atoms with E-state index in [2.05, 4.69) is 10.2 Å². The molecule has 3 radical (unpaired) electrons. The van der Waals surface area contributed by atoms with Crippen LogP contribution in [-0.4, -0.2) is 29.3 Å². The van der Waals surface area contributed by atoms with E-state index >= 15 is 0 Å². The van der Waals surface area contributed by atoms with E-state index in [4.69, 9.17) is 9.47 Å². The van der Waals surface area contributed by atoms with Crippen molar-refractivity contribution in [3.8, 4) is 11.5 Å². The van der Waals surface area contributed by atoms with Crippen molar-refractivity contribution in [2.45, 2.75) is 0 Å². The van der Waals surface area contributed by atoms with Gasteiger partial charge in [0.1, 0.15) is 0 Å². The Kier molecular flexibility index (Phi) is 2.25. The second kappa shape index (κ2) is 3.39. The molecule has 0 saturated heterocycles. The summed E-state index contributed by atoms with van der Waals surface area (Å²) in [5.41, 5.74) is 1.16. The van der Waals surface area contributed by atoms with Crippen molar-refractivity contribution in [3.05, 3.63) is 27.9 Å². The van der Waals surface area contributed by atoms with Gasteiger partial charge in [-0.15, -0.1) is 0 Å². The molecule has 1 aliphatic heterocycles. The Morgan fingerprint density at radius 1 is 1.25 bits per heavy atom. The summed E-state index contributed by atoms with van der Waals surface area (Å²) >= 11 is 1.40. The third-order valence-electron chi connectivity index (χ3n) is 1.67. The normalized spacial score (nSPS) is 14.1. The van der Waals surface area contributed by atoms with Crippen molar-refractivity contribution in [3.63, 3.8) is 0 Å². The average Bonchev–Trinajstić information content (AvgIpc) is 2.51. The molecule has 0 aliphatic carbocycles. The molecule has 1 heterocycles. The van der Waals surface area contributed by atoms with Crippen LogP contribution in [0, 0.1) is 0 Å². The van der Waals surface area contributed by atoms with Gasteiger partial charge in [-0.2, -0.15) is 0 Å². The van der Waals surface area contributed by atoms with Crippen molar-refractivity contribution in [2.24, 2.45) is 0 Å². The van der Waals surface area contributed by atoms with Gasteiger partial charge in [-0.3, -0.25) is 0 Å². The van der Waals surface area contributed by atoms with Gasteiger partial charge in [0.05, 0.1) is 0 Å². The molecule has 59 valence electrons. The molecule has 0 unspecified atom stereocenters. The fraction of sp³-hybridized carbons (Fsp3) is 0.111. The van der Waals surface area contributed by atoms with Crippen LogP contribution >= 0.6 is 0 Å². The van der Waals surface area contributed by atoms with Crippen LogP contribution < -0.4 is 9.47 Å². The molecule has 0 spiro atoms. The summed E-state index contributed by atoms with van der Waals surface area (Å²) in [4.78, 5) is 0. The SMILES string of the molecule is [Sn]/[CH]=C/c1ccc2c(c1)OCO2. The number of benzene rings is 1. The molecule has 0 atom stereocenters. The first-order chi connectivity index (χ1) is 5.90. The van der Waals surface area contributed by atoms with Gasteiger partial charge < -0.3 is 0 Å². The molecule has 1 aromatic carbocycles. The molecule has 1 aliphatic rings. The van der Waals surface area contributed by atoms with Gasteiger partial charge in [0.15, 0.2) is 0 Å². The quantitative estimate of drug-likeness (QED) is 0.718. The second-order valence-corrected chi connectivity index (χ2v) is 3.40. The Labute approximate surface area is 84.3 Å². The maximum absolute atomic E-state index is 5.24. The van der Waals surface area contributed by atoms with Gasteiger partial charge in [0, 0.05) is 0 Å². The Bertz CT molecular complexity index is 320. The topological polar surface area (TPSA) is 18.5 Å². The summed E-state index contributed by atoms with van der Waals surface area (Å²) in [6, 6.07) is 5.95. The first kappa shape index (κ1) is 7.98. The molecule has 0 fully saturated rings. The zero-order valence-electron chi connectivity index (χ0n) is 6.41. The molecular formula is C9H7O2Sn. The third-order valence-corrected chi connectivity index (χ3v) is 2.15. The van der Waals surface area contributed by atoms with Gasteiger partial charge in [0.2, 0.25) is 0 Å². The molecule has 0 amide bonds. The van der Waals surface area contributed by atoms with Crippen LogP contribution in [0.5, 0.6) is 11.5 Å². The predicted octanol–water partition coefficient (Wildman–Crippen LogP) is 1.55. The minimum atomic E-state index is 0.348. The molecule has 0 bridgehead atoms. The van der Waals surface area contributed by atoms with Crippen molar-refractivity contribution < 1.29 is 9.47 Å². The number of fused-ring (bicyclic) bond motifs is 1. The van der Waals surface area contributed by atoms with Gasteiger partial charge >= 0.3 is 84.2 Å². The first-order valence-corrected chi connectivity index (χ1v) is 5.28. The van der Waals surface area contributed by atoms with Gasteiger partial charge in [0.25, 0.3) is 0 Å². The predicted molar refractivity (Wildman–Crippen MR) is 47.4 cm³/mol. The monoisotopic (exact) mass is 267 g/mol. The fourth-order valence-corrected chi connectivity index (χ4v) is 1.66. The zero-order chi connectivity index (χ0) is 8.39. The molecular weight excluding hydrogens is 259 g/mol. The molecule has 0 aromatic heterocycles. The number of ether oxygens (including phenoxy) is 2. The van der Waals surface area contributed by atoms with Crippen molar-refractivity contribution in [1.82, 2.24) is 0 Å². The Balaban J connectivity index is 2.38. The molecule has 1 aromatic rings. The molecule has 0 N–H and O–H groups in total. The first-order valence-electron chi connectivity index (χ1n) is 3.63. The summed E-state index contributed by atoms with van der Waals surface area (Å²) in [7, 11) is 0. The summed E-state index contributed by atoms with van der Waals surface area (Å²) in [5.74, 6) is 1.69. The summed E-state index contributed by atoms with van der Waals surface area (Å²) < 4.78 is 12.5. The molecule has 0 saturated carbocycles. The molecule has 12 heavy (non-hydrogen) atoms. The van der Waals surface area contributed by atoms with Crippen molar-refractivity contribution >= 4 is 28.6 Å². The molecule has 2 nitrogen and oxygen atoms in total. The van der Waals surface area contributed by atoms with E-state index in [-0.39, 0.29) is 0 Å². The van der Waals surface area contributed by atoms with Crippen LogP contribution in [0.2, 0.25) is 0 Å².